The van der Waals surface area contributed by atoms with Crippen molar-refractivity contribution in [1.82, 2.24) is 0 Å². The van der Waals surface area contributed by atoms with E-state index in [2.05, 4.69) is 12.2 Å². The van der Waals surface area contributed by atoms with Crippen LogP contribution >= 0.6 is 0 Å². The summed E-state index contributed by atoms with van der Waals surface area (Å²) < 4.78 is 5.25. The molecule has 2 N–H and O–H groups in total. The molecule has 0 unspecified atom stereocenters. The first kappa shape index (κ1) is 14.6. The van der Waals surface area contributed by atoms with Crippen LogP contribution in [0.15, 0.2) is 12.2 Å². The third kappa shape index (κ3) is 9.91. The molecule has 0 amide bonds. The van der Waals surface area contributed by atoms with Gasteiger partial charge in [-0.05, 0) is 26.2 Å². The maximum Gasteiger partial charge on any atom is 0.104 e. The molecule has 90 valence electrons. The van der Waals surface area contributed by atoms with Crippen LogP contribution in [-0.4, -0.2) is 36.1 Å². The van der Waals surface area contributed by atoms with Crippen LogP contribution in [0.2, 0.25) is 0 Å². The maximum atomic E-state index is 8.73. The number of aliphatic hydroxyl groups is 2. The van der Waals surface area contributed by atoms with Crippen LogP contribution in [0.4, 0.5) is 0 Å². The minimum Gasteiger partial charge on any atom is -0.394 e. The number of rotatable bonds is 10. The lowest BCUT2D eigenvalue weighted by molar-refractivity contribution is -0.0208. The van der Waals surface area contributed by atoms with Crippen molar-refractivity contribution in [1.29, 1.82) is 0 Å². The Kier molecular flexibility index (Phi) is 11.4. The van der Waals surface area contributed by atoms with Crippen LogP contribution in [0.5, 0.6) is 0 Å². The molecule has 0 fully saturated rings. The van der Waals surface area contributed by atoms with E-state index in [9.17, 15) is 0 Å². The summed E-state index contributed by atoms with van der Waals surface area (Å²) in [6.45, 7) is 2.47. The van der Waals surface area contributed by atoms with Crippen molar-refractivity contribution in [3.05, 3.63) is 12.2 Å². The molecule has 0 spiro atoms. The van der Waals surface area contributed by atoms with Crippen LogP contribution in [0.1, 0.15) is 39.0 Å². The Hall–Kier alpha value is -0.380. The number of hydrogen-bond acceptors (Lipinski definition) is 3. The fraction of sp³-hybridized carbons (Fsp3) is 0.833. The molecule has 0 saturated heterocycles. The van der Waals surface area contributed by atoms with Gasteiger partial charge < -0.3 is 14.9 Å². The van der Waals surface area contributed by atoms with Crippen molar-refractivity contribution >= 4 is 0 Å². The van der Waals surface area contributed by atoms with Crippen molar-refractivity contribution < 1.29 is 14.9 Å². The lowest BCUT2D eigenvalue weighted by Gasteiger charge is -2.11. The van der Waals surface area contributed by atoms with E-state index in [1.807, 2.05) is 6.92 Å². The molecule has 0 saturated carbocycles. The Morgan fingerprint density at radius 3 is 2.33 bits per heavy atom. The van der Waals surface area contributed by atoms with Crippen LogP contribution in [0.3, 0.4) is 0 Å². The van der Waals surface area contributed by atoms with Crippen molar-refractivity contribution in [2.75, 3.05) is 19.8 Å². The summed E-state index contributed by atoms with van der Waals surface area (Å²) in [6.07, 6.45) is 9.64. The van der Waals surface area contributed by atoms with Crippen molar-refractivity contribution in [3.8, 4) is 0 Å². The van der Waals surface area contributed by atoms with E-state index in [4.69, 9.17) is 14.9 Å². The predicted molar refractivity (Wildman–Crippen MR) is 61.8 cm³/mol. The lowest BCUT2D eigenvalue weighted by atomic mass is 10.1. The molecule has 0 aromatic carbocycles. The van der Waals surface area contributed by atoms with Gasteiger partial charge in [0.25, 0.3) is 0 Å². The van der Waals surface area contributed by atoms with E-state index in [-0.39, 0.29) is 13.2 Å². The number of hydrogen-bond donors (Lipinski definition) is 2. The SMILES string of the molecule is C/C=C/CCCCCCOC(CO)CO. The second kappa shape index (κ2) is 11.7. The number of aliphatic hydroxyl groups excluding tert-OH is 2. The van der Waals surface area contributed by atoms with Crippen molar-refractivity contribution in [2.24, 2.45) is 0 Å². The van der Waals surface area contributed by atoms with Gasteiger partial charge >= 0.3 is 0 Å². The van der Waals surface area contributed by atoms with Crippen LogP contribution < -0.4 is 0 Å². The molecule has 0 aliphatic carbocycles. The summed E-state index contributed by atoms with van der Waals surface area (Å²) in [5, 5.41) is 17.5. The largest absolute Gasteiger partial charge is 0.394 e. The van der Waals surface area contributed by atoms with E-state index in [0.29, 0.717) is 6.61 Å². The Morgan fingerprint density at radius 1 is 1.07 bits per heavy atom. The zero-order chi connectivity index (χ0) is 11.4. The summed E-state index contributed by atoms with van der Waals surface area (Å²) in [5.74, 6) is 0. The molecule has 3 nitrogen and oxygen atoms in total. The third-order valence-electron chi connectivity index (χ3n) is 2.26. The van der Waals surface area contributed by atoms with Gasteiger partial charge in [-0.2, -0.15) is 0 Å². The van der Waals surface area contributed by atoms with E-state index < -0.39 is 6.10 Å². The first-order chi connectivity index (χ1) is 7.35. The molecule has 0 aliphatic rings. The second-order valence-electron chi connectivity index (χ2n) is 3.63. The minimum atomic E-state index is -0.395. The van der Waals surface area contributed by atoms with Crippen molar-refractivity contribution in [3.63, 3.8) is 0 Å². The quantitative estimate of drug-likeness (QED) is 0.433. The first-order valence-electron chi connectivity index (χ1n) is 5.79. The molecule has 0 radical (unpaired) electrons. The van der Waals surface area contributed by atoms with Crippen molar-refractivity contribution in [2.45, 2.75) is 45.1 Å². The second-order valence-corrected chi connectivity index (χ2v) is 3.63. The average molecular weight is 216 g/mol. The van der Waals surface area contributed by atoms with Crippen LogP contribution in [-0.2, 0) is 4.74 Å². The summed E-state index contributed by atoms with van der Waals surface area (Å²) >= 11 is 0. The molecule has 0 aliphatic heterocycles. The molecule has 15 heavy (non-hydrogen) atoms. The van der Waals surface area contributed by atoms with E-state index in [0.717, 1.165) is 19.3 Å². The topological polar surface area (TPSA) is 49.7 Å². The number of ether oxygens (including phenoxy) is 1. The molecule has 0 atom stereocenters. The number of allylic oxidation sites excluding steroid dienone is 2. The van der Waals surface area contributed by atoms with Gasteiger partial charge in [-0.15, -0.1) is 0 Å². The van der Waals surface area contributed by atoms with Gasteiger partial charge in [-0.1, -0.05) is 25.0 Å². The van der Waals surface area contributed by atoms with E-state index in [1.54, 1.807) is 0 Å². The molecule has 0 bridgehead atoms. The van der Waals surface area contributed by atoms with Gasteiger partial charge in [0.15, 0.2) is 0 Å². The summed E-state index contributed by atoms with van der Waals surface area (Å²) in [7, 11) is 0. The Bertz CT molecular complexity index is 142. The molecular formula is C12H24O3. The summed E-state index contributed by atoms with van der Waals surface area (Å²) in [4.78, 5) is 0. The zero-order valence-corrected chi connectivity index (χ0v) is 9.69. The Balaban J connectivity index is 3.10. The first-order valence-corrected chi connectivity index (χ1v) is 5.79. The third-order valence-corrected chi connectivity index (χ3v) is 2.26. The monoisotopic (exact) mass is 216 g/mol. The standard InChI is InChI=1S/C12H24O3/c1-2-3-4-5-6-7-8-9-15-12(10-13)11-14/h2-3,12-14H,4-11H2,1H3/b3-2+. The van der Waals surface area contributed by atoms with Gasteiger partial charge in [0.05, 0.1) is 13.2 Å². The fourth-order valence-corrected chi connectivity index (χ4v) is 1.30. The summed E-state index contributed by atoms with van der Waals surface area (Å²) in [5.41, 5.74) is 0. The average Bonchev–Trinajstić information content (AvgIpc) is 2.27. The Morgan fingerprint density at radius 2 is 1.73 bits per heavy atom. The molecule has 0 heterocycles. The van der Waals surface area contributed by atoms with Gasteiger partial charge in [0.1, 0.15) is 6.10 Å². The molecule has 3 heteroatoms. The minimum absolute atomic E-state index is 0.0994. The van der Waals surface area contributed by atoms with Gasteiger partial charge in [-0.25, -0.2) is 0 Å². The highest BCUT2D eigenvalue weighted by Gasteiger charge is 2.04. The van der Waals surface area contributed by atoms with E-state index in [1.165, 1.54) is 12.8 Å². The van der Waals surface area contributed by atoms with Crippen LogP contribution in [0.25, 0.3) is 0 Å². The highest BCUT2D eigenvalue weighted by atomic mass is 16.5. The fourth-order valence-electron chi connectivity index (χ4n) is 1.30. The molecule has 0 aromatic rings. The maximum absolute atomic E-state index is 8.73. The molecule has 0 aromatic heterocycles. The van der Waals surface area contributed by atoms with Crippen LogP contribution in [0, 0.1) is 0 Å². The molecule has 0 rings (SSSR count). The number of unbranched alkanes of at least 4 members (excludes halogenated alkanes) is 4. The highest BCUT2D eigenvalue weighted by molar-refractivity contribution is 4.76. The van der Waals surface area contributed by atoms with Gasteiger partial charge in [0.2, 0.25) is 0 Å². The summed E-state index contributed by atoms with van der Waals surface area (Å²) in [6, 6.07) is 0. The highest BCUT2D eigenvalue weighted by Crippen LogP contribution is 2.04. The normalized spacial score (nSPS) is 11.7. The van der Waals surface area contributed by atoms with E-state index >= 15 is 0 Å². The Labute approximate surface area is 92.8 Å². The smallest absolute Gasteiger partial charge is 0.104 e. The van der Waals surface area contributed by atoms with Gasteiger partial charge in [0, 0.05) is 6.61 Å². The lowest BCUT2D eigenvalue weighted by Crippen LogP contribution is -2.22. The molecular weight excluding hydrogens is 192 g/mol. The zero-order valence-electron chi connectivity index (χ0n) is 9.69. The predicted octanol–water partition coefficient (Wildman–Crippen LogP) is 1.88. The van der Waals surface area contributed by atoms with Gasteiger partial charge in [-0.3, -0.25) is 0 Å².